The summed E-state index contributed by atoms with van der Waals surface area (Å²) in [5, 5.41) is 9.42. The second-order valence-electron chi connectivity index (χ2n) is 7.95. The van der Waals surface area contributed by atoms with E-state index in [1.165, 1.54) is 4.90 Å². The molecule has 2 aliphatic rings. The summed E-state index contributed by atoms with van der Waals surface area (Å²) < 4.78 is 12.8. The highest BCUT2D eigenvalue weighted by Gasteiger charge is 2.62. The first-order valence-corrected chi connectivity index (χ1v) is 10.5. The van der Waals surface area contributed by atoms with E-state index in [0.717, 1.165) is 6.42 Å². The van der Waals surface area contributed by atoms with Crippen LogP contribution in [0.15, 0.2) is 0 Å². The van der Waals surface area contributed by atoms with Gasteiger partial charge in [-0.05, 0) is 23.5 Å². The lowest BCUT2D eigenvalue weighted by Gasteiger charge is -2.46. The minimum Gasteiger partial charge on any atom is -0.465 e. The molecule has 1 amide bonds. The van der Waals surface area contributed by atoms with Crippen molar-refractivity contribution in [1.82, 2.24) is 4.90 Å². The van der Waals surface area contributed by atoms with Gasteiger partial charge in [0.2, 0.25) is 8.32 Å². The second kappa shape index (κ2) is 5.80. The molecule has 3 unspecified atom stereocenters. The Morgan fingerprint density at radius 2 is 1.73 bits per heavy atom. The molecule has 128 valence electrons. The van der Waals surface area contributed by atoms with Crippen molar-refractivity contribution >= 4 is 14.4 Å². The summed E-state index contributed by atoms with van der Waals surface area (Å²) in [5.74, 6) is 0. The molecule has 6 heteroatoms. The van der Waals surface area contributed by atoms with E-state index >= 15 is 0 Å². The van der Waals surface area contributed by atoms with E-state index < -0.39 is 20.7 Å². The number of fused-ring (bicyclic) bond motifs is 1. The van der Waals surface area contributed by atoms with Gasteiger partial charge in [0.1, 0.15) is 0 Å². The highest BCUT2D eigenvalue weighted by Crippen LogP contribution is 2.50. The summed E-state index contributed by atoms with van der Waals surface area (Å²) in [5.41, 5.74) is 1.02. The Morgan fingerprint density at radius 3 is 2.14 bits per heavy atom. The van der Waals surface area contributed by atoms with Gasteiger partial charge in [0.15, 0.2) is 6.29 Å². The summed E-state index contributed by atoms with van der Waals surface area (Å²) in [7, 11) is -2.07. The quantitative estimate of drug-likeness (QED) is 0.773. The molecule has 0 aromatic rings. The van der Waals surface area contributed by atoms with Crippen LogP contribution >= 0.6 is 0 Å². The van der Waals surface area contributed by atoms with E-state index in [-0.39, 0.29) is 11.6 Å². The van der Waals surface area contributed by atoms with Gasteiger partial charge >= 0.3 is 6.09 Å². The van der Waals surface area contributed by atoms with Crippen molar-refractivity contribution in [2.24, 2.45) is 0 Å². The fraction of sp³-hybridized carbons (Fsp3) is 0.938. The maximum absolute atomic E-state index is 11.5. The van der Waals surface area contributed by atoms with Gasteiger partial charge in [-0.25, -0.2) is 4.79 Å². The monoisotopic (exact) mass is 329 g/mol. The molecule has 5 nitrogen and oxygen atoms in total. The summed E-state index contributed by atoms with van der Waals surface area (Å²) in [4.78, 5) is 13.0. The molecule has 22 heavy (non-hydrogen) atoms. The molecule has 0 spiro atoms. The van der Waals surface area contributed by atoms with Gasteiger partial charge in [0.25, 0.3) is 0 Å². The van der Waals surface area contributed by atoms with Crippen molar-refractivity contribution in [2.75, 3.05) is 6.54 Å². The van der Waals surface area contributed by atoms with E-state index in [9.17, 15) is 9.90 Å². The number of hydrogen-bond acceptors (Lipinski definition) is 3. The molecule has 2 fully saturated rings. The molecule has 1 aliphatic heterocycles. The predicted octanol–water partition coefficient (Wildman–Crippen LogP) is 4.05. The first kappa shape index (κ1) is 17.8. The third-order valence-electron chi connectivity index (χ3n) is 5.55. The van der Waals surface area contributed by atoms with Crippen molar-refractivity contribution in [2.45, 2.75) is 89.4 Å². The van der Waals surface area contributed by atoms with E-state index in [1.807, 2.05) is 6.92 Å². The molecule has 1 saturated carbocycles. The van der Waals surface area contributed by atoms with Crippen LogP contribution in [0.3, 0.4) is 0 Å². The Labute approximate surface area is 135 Å². The zero-order chi connectivity index (χ0) is 16.9. The van der Waals surface area contributed by atoms with E-state index in [4.69, 9.17) is 9.16 Å². The maximum Gasteiger partial charge on any atom is 0.407 e. The zero-order valence-corrected chi connectivity index (χ0v) is 15.9. The summed E-state index contributed by atoms with van der Waals surface area (Å²) in [6, 6.07) is -0.00179. The van der Waals surface area contributed by atoms with Crippen LogP contribution < -0.4 is 0 Å². The molecule has 0 aromatic carbocycles. The molecular formula is C16H31NO4Si. The van der Waals surface area contributed by atoms with Gasteiger partial charge in [0, 0.05) is 6.42 Å². The molecule has 0 bridgehead atoms. The predicted molar refractivity (Wildman–Crippen MR) is 88.5 cm³/mol. The first-order valence-electron chi connectivity index (χ1n) is 8.39. The van der Waals surface area contributed by atoms with Crippen LogP contribution in [0.1, 0.15) is 54.9 Å². The van der Waals surface area contributed by atoms with Crippen LogP contribution in [0.2, 0.25) is 16.6 Å². The number of carboxylic acid groups (broad SMARTS) is 1. The average molecular weight is 330 g/mol. The van der Waals surface area contributed by atoms with E-state index in [0.29, 0.717) is 23.2 Å². The zero-order valence-electron chi connectivity index (χ0n) is 14.9. The van der Waals surface area contributed by atoms with Crippen molar-refractivity contribution in [1.29, 1.82) is 0 Å². The molecule has 3 atom stereocenters. The Kier molecular flexibility index (Phi) is 4.68. The van der Waals surface area contributed by atoms with E-state index in [2.05, 4.69) is 41.5 Å². The number of nitrogens with zero attached hydrogens (tertiary/aromatic N) is 1. The van der Waals surface area contributed by atoms with Crippen LogP contribution in [-0.4, -0.2) is 48.9 Å². The number of amides is 1. The Hall–Kier alpha value is -0.593. The molecule has 1 heterocycles. The normalized spacial score (nSPS) is 31.8. The van der Waals surface area contributed by atoms with Crippen LogP contribution in [0.25, 0.3) is 0 Å². The number of morpholine rings is 1. The Morgan fingerprint density at radius 1 is 1.23 bits per heavy atom. The number of rotatable bonds is 5. The van der Waals surface area contributed by atoms with Crippen LogP contribution in [-0.2, 0) is 9.16 Å². The number of hydrogen-bond donors (Lipinski definition) is 1. The minimum atomic E-state index is -2.07. The lowest BCUT2D eigenvalue weighted by molar-refractivity contribution is -0.171. The first-order chi connectivity index (χ1) is 10.0. The highest BCUT2D eigenvalue weighted by atomic mass is 28.4. The fourth-order valence-electron chi connectivity index (χ4n) is 4.43. The summed E-state index contributed by atoms with van der Waals surface area (Å²) in [6.45, 7) is 15.7. The van der Waals surface area contributed by atoms with Gasteiger partial charge in [-0.1, -0.05) is 41.5 Å². The molecule has 0 aromatic heterocycles. The van der Waals surface area contributed by atoms with Crippen molar-refractivity contribution in [3.63, 3.8) is 0 Å². The Bertz CT molecular complexity index is 418. The summed E-state index contributed by atoms with van der Waals surface area (Å²) >= 11 is 0. The third-order valence-corrected chi connectivity index (χ3v) is 11.6. The largest absolute Gasteiger partial charge is 0.465 e. The SMILES string of the molecule is CC(C)[Si](OC1CN(C(=O)O)C2CC2(C)O1)(C(C)C)C(C)C. The van der Waals surface area contributed by atoms with Crippen LogP contribution in [0.5, 0.6) is 0 Å². The number of carbonyl (C=O) groups is 1. The molecule has 2 rings (SSSR count). The van der Waals surface area contributed by atoms with Gasteiger partial charge in [-0.15, -0.1) is 0 Å². The van der Waals surface area contributed by atoms with Crippen molar-refractivity contribution in [3.05, 3.63) is 0 Å². The van der Waals surface area contributed by atoms with Crippen molar-refractivity contribution in [3.8, 4) is 0 Å². The standard InChI is InChI=1S/C16H31NO4Si/c1-10(2)22(11(3)4,12(5)6)21-14-9-17(15(18)19)13-8-16(13,7)20-14/h10-14H,8-9H2,1-7H3,(H,18,19). The molecular weight excluding hydrogens is 298 g/mol. The molecule has 1 aliphatic carbocycles. The average Bonchev–Trinajstić information content (AvgIpc) is 3.04. The van der Waals surface area contributed by atoms with Crippen LogP contribution in [0.4, 0.5) is 4.79 Å². The minimum absolute atomic E-state index is 0.00179. The molecule has 1 N–H and O–H groups in total. The van der Waals surface area contributed by atoms with Gasteiger partial charge in [-0.3, -0.25) is 4.90 Å². The van der Waals surface area contributed by atoms with Crippen LogP contribution in [0, 0.1) is 0 Å². The number of ether oxygens (including phenoxy) is 1. The smallest absolute Gasteiger partial charge is 0.407 e. The van der Waals surface area contributed by atoms with Gasteiger partial charge in [0.05, 0.1) is 18.2 Å². The fourth-order valence-corrected chi connectivity index (χ4v) is 9.82. The third kappa shape index (κ3) is 2.81. The van der Waals surface area contributed by atoms with Gasteiger partial charge in [-0.2, -0.15) is 0 Å². The highest BCUT2D eigenvalue weighted by molar-refractivity contribution is 6.77. The lowest BCUT2D eigenvalue weighted by atomic mass is 10.3. The molecule has 0 radical (unpaired) electrons. The summed E-state index contributed by atoms with van der Waals surface area (Å²) in [6.07, 6.45) is -0.520. The topological polar surface area (TPSA) is 59.0 Å². The van der Waals surface area contributed by atoms with Gasteiger partial charge < -0.3 is 14.3 Å². The Balaban J connectivity index is 2.21. The van der Waals surface area contributed by atoms with Crippen molar-refractivity contribution < 1.29 is 19.1 Å². The maximum atomic E-state index is 11.5. The van der Waals surface area contributed by atoms with E-state index in [1.54, 1.807) is 0 Å². The second-order valence-corrected chi connectivity index (χ2v) is 13.4. The lowest BCUT2D eigenvalue weighted by Crippen LogP contribution is -2.56. The molecule has 1 saturated heterocycles.